The zero-order chi connectivity index (χ0) is 19.7. The van der Waals surface area contributed by atoms with Gasteiger partial charge in [-0.1, -0.05) is 0 Å². The van der Waals surface area contributed by atoms with Crippen molar-refractivity contribution in [2.24, 2.45) is 0 Å². The molecule has 3 aromatic heterocycles. The SMILES string of the molecule is Cc1csc(-n2c(C)cc(C(=O)CN3CCN(Cc4ccsc4)CC3)c2C)n1. The van der Waals surface area contributed by atoms with E-state index in [1.165, 1.54) is 5.56 Å². The van der Waals surface area contributed by atoms with Crippen molar-refractivity contribution in [3.05, 3.63) is 56.5 Å². The molecule has 1 aliphatic heterocycles. The number of thiophene rings is 1. The molecular weight excluding hydrogens is 388 g/mol. The molecule has 0 aromatic carbocycles. The van der Waals surface area contributed by atoms with Crippen molar-refractivity contribution in [1.82, 2.24) is 19.4 Å². The van der Waals surface area contributed by atoms with E-state index in [0.717, 1.165) is 60.5 Å². The number of aryl methyl sites for hydroxylation is 2. The zero-order valence-corrected chi connectivity index (χ0v) is 18.3. The van der Waals surface area contributed by atoms with Crippen molar-refractivity contribution in [2.75, 3.05) is 32.7 Å². The molecule has 1 fully saturated rings. The van der Waals surface area contributed by atoms with Gasteiger partial charge in [-0.3, -0.25) is 19.2 Å². The van der Waals surface area contributed by atoms with Crippen LogP contribution in [0.5, 0.6) is 0 Å². The van der Waals surface area contributed by atoms with Gasteiger partial charge in [-0.25, -0.2) is 4.98 Å². The summed E-state index contributed by atoms with van der Waals surface area (Å²) in [5.41, 5.74) is 5.29. The van der Waals surface area contributed by atoms with Gasteiger partial charge in [0.25, 0.3) is 0 Å². The summed E-state index contributed by atoms with van der Waals surface area (Å²) in [6.45, 7) is 11.5. The van der Waals surface area contributed by atoms with Crippen molar-refractivity contribution in [1.29, 1.82) is 0 Å². The summed E-state index contributed by atoms with van der Waals surface area (Å²) in [5, 5.41) is 7.34. The topological polar surface area (TPSA) is 41.4 Å². The van der Waals surface area contributed by atoms with Gasteiger partial charge in [0.1, 0.15) is 0 Å². The van der Waals surface area contributed by atoms with Crippen LogP contribution in [0.1, 0.15) is 33.0 Å². The van der Waals surface area contributed by atoms with Gasteiger partial charge in [0.2, 0.25) is 0 Å². The minimum absolute atomic E-state index is 0.207. The van der Waals surface area contributed by atoms with Crippen molar-refractivity contribution >= 4 is 28.5 Å². The lowest BCUT2D eigenvalue weighted by Gasteiger charge is -2.34. The lowest BCUT2D eigenvalue weighted by atomic mass is 10.1. The first-order valence-electron chi connectivity index (χ1n) is 9.61. The number of thiazole rings is 1. The van der Waals surface area contributed by atoms with Gasteiger partial charge in [0, 0.05) is 55.1 Å². The number of carbonyl (C=O) groups excluding carboxylic acids is 1. The third-order valence-electron chi connectivity index (χ3n) is 5.35. The van der Waals surface area contributed by atoms with Crippen LogP contribution in [-0.2, 0) is 6.54 Å². The van der Waals surface area contributed by atoms with E-state index in [1.807, 2.05) is 32.2 Å². The quantitative estimate of drug-likeness (QED) is 0.573. The smallest absolute Gasteiger partial charge is 0.194 e. The molecule has 4 rings (SSSR count). The molecular formula is C21H26N4OS2. The van der Waals surface area contributed by atoms with E-state index in [1.54, 1.807) is 22.7 Å². The normalized spacial score (nSPS) is 16.0. The maximum absolute atomic E-state index is 13.0. The highest BCUT2D eigenvalue weighted by Gasteiger charge is 2.23. The summed E-state index contributed by atoms with van der Waals surface area (Å²) in [5.74, 6) is 0.207. The average Bonchev–Trinajstić information content (AvgIpc) is 3.38. The van der Waals surface area contributed by atoms with Crippen LogP contribution in [0.25, 0.3) is 5.13 Å². The molecule has 0 spiro atoms. The fourth-order valence-corrected chi connectivity index (χ4v) is 5.39. The Morgan fingerprint density at radius 2 is 1.86 bits per heavy atom. The Kier molecular flexibility index (Phi) is 5.78. The van der Waals surface area contributed by atoms with E-state index >= 15 is 0 Å². The Morgan fingerprint density at radius 3 is 2.50 bits per heavy atom. The highest BCUT2D eigenvalue weighted by atomic mass is 32.1. The van der Waals surface area contributed by atoms with E-state index in [4.69, 9.17) is 0 Å². The molecule has 0 bridgehead atoms. The molecule has 0 N–H and O–H groups in total. The van der Waals surface area contributed by atoms with Gasteiger partial charge in [0.05, 0.1) is 12.2 Å². The Bertz CT molecular complexity index is 949. The second-order valence-electron chi connectivity index (χ2n) is 7.50. The third-order valence-corrected chi connectivity index (χ3v) is 7.02. The van der Waals surface area contributed by atoms with Crippen LogP contribution in [-0.4, -0.2) is 57.9 Å². The summed E-state index contributed by atoms with van der Waals surface area (Å²) in [4.78, 5) is 22.3. The number of rotatable bonds is 6. The maximum atomic E-state index is 13.0. The Labute approximate surface area is 174 Å². The molecule has 0 atom stereocenters. The van der Waals surface area contributed by atoms with Crippen molar-refractivity contribution in [3.63, 3.8) is 0 Å². The summed E-state index contributed by atoms with van der Waals surface area (Å²) >= 11 is 3.37. The molecule has 5 nitrogen and oxygen atoms in total. The van der Waals surface area contributed by atoms with Gasteiger partial charge < -0.3 is 0 Å². The molecule has 0 aliphatic carbocycles. The number of carbonyl (C=O) groups is 1. The monoisotopic (exact) mass is 414 g/mol. The minimum atomic E-state index is 0.207. The summed E-state index contributed by atoms with van der Waals surface area (Å²) in [7, 11) is 0. The molecule has 0 radical (unpaired) electrons. The molecule has 1 saturated heterocycles. The van der Waals surface area contributed by atoms with Gasteiger partial charge >= 0.3 is 0 Å². The lowest BCUT2D eigenvalue weighted by Crippen LogP contribution is -2.47. The van der Waals surface area contributed by atoms with Crippen molar-refractivity contribution in [3.8, 4) is 5.13 Å². The van der Waals surface area contributed by atoms with Crippen molar-refractivity contribution in [2.45, 2.75) is 27.3 Å². The lowest BCUT2D eigenvalue weighted by molar-refractivity contribution is 0.0843. The first-order chi connectivity index (χ1) is 13.5. The van der Waals surface area contributed by atoms with Gasteiger partial charge in [-0.2, -0.15) is 11.3 Å². The molecule has 0 amide bonds. The van der Waals surface area contributed by atoms with Crippen LogP contribution in [0.4, 0.5) is 0 Å². The second kappa shape index (κ2) is 8.29. The molecule has 148 valence electrons. The van der Waals surface area contributed by atoms with E-state index in [0.29, 0.717) is 6.54 Å². The van der Waals surface area contributed by atoms with Crippen LogP contribution in [0.3, 0.4) is 0 Å². The average molecular weight is 415 g/mol. The highest BCUT2D eigenvalue weighted by molar-refractivity contribution is 7.12. The van der Waals surface area contributed by atoms with E-state index in [9.17, 15) is 4.79 Å². The predicted molar refractivity (Wildman–Crippen MR) is 116 cm³/mol. The van der Waals surface area contributed by atoms with Crippen LogP contribution in [0.15, 0.2) is 28.3 Å². The van der Waals surface area contributed by atoms with Gasteiger partial charge in [-0.15, -0.1) is 11.3 Å². The van der Waals surface area contributed by atoms with Gasteiger partial charge in [0.15, 0.2) is 10.9 Å². The maximum Gasteiger partial charge on any atom is 0.194 e. The highest BCUT2D eigenvalue weighted by Crippen LogP contribution is 2.24. The van der Waals surface area contributed by atoms with E-state index in [2.05, 4.69) is 36.2 Å². The van der Waals surface area contributed by atoms with Crippen LogP contribution in [0, 0.1) is 20.8 Å². The zero-order valence-electron chi connectivity index (χ0n) is 16.6. The number of aromatic nitrogens is 2. The number of nitrogens with zero attached hydrogens (tertiary/aromatic N) is 4. The number of hydrogen-bond acceptors (Lipinski definition) is 6. The number of hydrogen-bond donors (Lipinski definition) is 0. The van der Waals surface area contributed by atoms with Crippen molar-refractivity contribution < 1.29 is 4.79 Å². The number of Topliss-reactive ketones (excluding diaryl/α,β-unsaturated/α-hetero) is 1. The molecule has 28 heavy (non-hydrogen) atoms. The fraction of sp³-hybridized carbons (Fsp3) is 0.429. The standard InChI is InChI=1S/C21H26N4OS2/c1-15-13-28-21(22-15)25-16(2)10-19(17(25)3)20(26)12-24-7-5-23(6-8-24)11-18-4-9-27-14-18/h4,9-10,13-14H,5-8,11-12H2,1-3H3. The number of piperazine rings is 1. The second-order valence-corrected chi connectivity index (χ2v) is 9.12. The fourth-order valence-electron chi connectivity index (χ4n) is 3.82. The molecule has 1 aliphatic rings. The Balaban J connectivity index is 1.38. The van der Waals surface area contributed by atoms with E-state index in [-0.39, 0.29) is 5.78 Å². The molecule has 4 heterocycles. The third kappa shape index (κ3) is 4.12. The first kappa shape index (κ1) is 19.5. The predicted octanol–water partition coefficient (Wildman–Crippen LogP) is 3.92. The Hall–Kier alpha value is -1.80. The van der Waals surface area contributed by atoms with Crippen LogP contribution in [0.2, 0.25) is 0 Å². The van der Waals surface area contributed by atoms with Crippen LogP contribution < -0.4 is 0 Å². The first-order valence-corrected chi connectivity index (χ1v) is 11.4. The molecule has 0 unspecified atom stereocenters. The van der Waals surface area contributed by atoms with Crippen LogP contribution >= 0.6 is 22.7 Å². The van der Waals surface area contributed by atoms with Gasteiger partial charge in [-0.05, 0) is 49.2 Å². The van der Waals surface area contributed by atoms with E-state index < -0.39 is 0 Å². The largest absolute Gasteiger partial charge is 0.297 e. The molecule has 7 heteroatoms. The molecule has 3 aromatic rings. The summed E-state index contributed by atoms with van der Waals surface area (Å²) < 4.78 is 2.10. The minimum Gasteiger partial charge on any atom is -0.297 e. The summed E-state index contributed by atoms with van der Waals surface area (Å²) in [6.07, 6.45) is 0. The molecule has 0 saturated carbocycles. The Morgan fingerprint density at radius 1 is 1.11 bits per heavy atom. The number of ketones is 1. The summed E-state index contributed by atoms with van der Waals surface area (Å²) in [6, 6.07) is 4.21.